The largest absolute Gasteiger partial charge is 0.467 e. The number of nitrogens with one attached hydrogen (secondary N) is 1. The van der Waals surface area contributed by atoms with Crippen molar-refractivity contribution in [2.45, 2.75) is 31.8 Å². The lowest BCUT2D eigenvalue weighted by Gasteiger charge is -2.21. The van der Waals surface area contributed by atoms with Crippen LogP contribution in [0.2, 0.25) is 0 Å². The Morgan fingerprint density at radius 1 is 1.62 bits per heavy atom. The van der Waals surface area contributed by atoms with Crippen LogP contribution >= 0.6 is 0 Å². The van der Waals surface area contributed by atoms with Crippen LogP contribution in [0.1, 0.15) is 25.0 Å². The van der Waals surface area contributed by atoms with E-state index in [1.54, 1.807) is 6.26 Å². The van der Waals surface area contributed by atoms with Crippen LogP contribution in [-0.2, 0) is 11.3 Å². The van der Waals surface area contributed by atoms with E-state index in [0.717, 1.165) is 25.1 Å². The summed E-state index contributed by atoms with van der Waals surface area (Å²) in [6.45, 7) is 1.35. The average molecular weight is 222 g/mol. The van der Waals surface area contributed by atoms with Crippen LogP contribution in [0.3, 0.4) is 0 Å². The summed E-state index contributed by atoms with van der Waals surface area (Å²) in [5.41, 5.74) is 0. The van der Waals surface area contributed by atoms with Gasteiger partial charge in [0, 0.05) is 19.0 Å². The van der Waals surface area contributed by atoms with E-state index in [2.05, 4.69) is 5.32 Å². The molecule has 1 aromatic rings. The molecule has 1 N–H and O–H groups in total. The van der Waals surface area contributed by atoms with Crippen molar-refractivity contribution in [3.05, 3.63) is 24.2 Å². The standard InChI is InChI=1S/C12H18N2O2/c1-13-7-6-12(15)14(10-4-5-10)9-11-3-2-8-16-11/h2-3,8,10,13H,4-7,9H2,1H3. The molecule has 1 amide bonds. The smallest absolute Gasteiger partial charge is 0.224 e. The predicted octanol–water partition coefficient (Wildman–Crippen LogP) is 1.38. The molecule has 2 rings (SSSR count). The highest BCUT2D eigenvalue weighted by Gasteiger charge is 2.32. The summed E-state index contributed by atoms with van der Waals surface area (Å²) in [7, 11) is 1.86. The third-order valence-corrected chi connectivity index (χ3v) is 2.80. The fourth-order valence-electron chi connectivity index (χ4n) is 1.75. The molecule has 0 unspecified atom stereocenters. The number of nitrogens with zero attached hydrogens (tertiary/aromatic N) is 1. The van der Waals surface area contributed by atoms with E-state index < -0.39 is 0 Å². The Labute approximate surface area is 95.6 Å². The van der Waals surface area contributed by atoms with Crippen molar-refractivity contribution in [2.24, 2.45) is 0 Å². The predicted molar refractivity (Wildman–Crippen MR) is 60.8 cm³/mol. The van der Waals surface area contributed by atoms with Gasteiger partial charge in [0.2, 0.25) is 5.91 Å². The third kappa shape index (κ3) is 2.85. The van der Waals surface area contributed by atoms with Crippen molar-refractivity contribution in [3.8, 4) is 0 Å². The van der Waals surface area contributed by atoms with E-state index in [1.165, 1.54) is 0 Å². The molecular weight excluding hydrogens is 204 g/mol. The van der Waals surface area contributed by atoms with E-state index in [9.17, 15) is 4.79 Å². The van der Waals surface area contributed by atoms with Gasteiger partial charge >= 0.3 is 0 Å². The Kier molecular flexibility index (Phi) is 3.62. The van der Waals surface area contributed by atoms with Gasteiger partial charge in [0.05, 0.1) is 12.8 Å². The van der Waals surface area contributed by atoms with E-state index >= 15 is 0 Å². The fraction of sp³-hybridized carbons (Fsp3) is 0.583. The molecule has 1 aromatic heterocycles. The zero-order valence-corrected chi connectivity index (χ0v) is 9.61. The van der Waals surface area contributed by atoms with Crippen LogP contribution in [-0.4, -0.2) is 30.4 Å². The number of hydrogen-bond acceptors (Lipinski definition) is 3. The maximum absolute atomic E-state index is 12.0. The molecule has 4 heteroatoms. The summed E-state index contributed by atoms with van der Waals surface area (Å²) in [4.78, 5) is 13.9. The molecule has 4 nitrogen and oxygen atoms in total. The molecule has 1 aliphatic carbocycles. The van der Waals surface area contributed by atoms with Gasteiger partial charge in [-0.2, -0.15) is 0 Å². The monoisotopic (exact) mass is 222 g/mol. The molecule has 1 heterocycles. The SMILES string of the molecule is CNCCC(=O)N(Cc1ccco1)C1CC1. The van der Waals surface area contributed by atoms with Crippen molar-refractivity contribution in [2.75, 3.05) is 13.6 Å². The summed E-state index contributed by atoms with van der Waals surface area (Å²) in [6, 6.07) is 4.22. The molecule has 88 valence electrons. The van der Waals surface area contributed by atoms with Gasteiger partial charge < -0.3 is 14.6 Å². The van der Waals surface area contributed by atoms with Gasteiger partial charge in [-0.15, -0.1) is 0 Å². The Hall–Kier alpha value is -1.29. The molecule has 1 fully saturated rings. The zero-order valence-electron chi connectivity index (χ0n) is 9.61. The lowest BCUT2D eigenvalue weighted by molar-refractivity contribution is -0.132. The van der Waals surface area contributed by atoms with Gasteiger partial charge in [0.15, 0.2) is 0 Å². The molecule has 0 atom stereocenters. The van der Waals surface area contributed by atoms with Gasteiger partial charge in [0.1, 0.15) is 5.76 Å². The average Bonchev–Trinajstić information content (AvgIpc) is 3.00. The van der Waals surface area contributed by atoms with E-state index in [1.807, 2.05) is 24.1 Å². The highest BCUT2D eigenvalue weighted by molar-refractivity contribution is 5.77. The first-order chi connectivity index (χ1) is 7.81. The first-order valence-electron chi connectivity index (χ1n) is 5.77. The van der Waals surface area contributed by atoms with Crippen molar-refractivity contribution >= 4 is 5.91 Å². The molecule has 0 aliphatic heterocycles. The Morgan fingerprint density at radius 3 is 3.00 bits per heavy atom. The summed E-state index contributed by atoms with van der Waals surface area (Å²) >= 11 is 0. The van der Waals surface area contributed by atoms with E-state index in [0.29, 0.717) is 19.0 Å². The second-order valence-electron chi connectivity index (χ2n) is 4.19. The summed E-state index contributed by atoms with van der Waals surface area (Å²) in [6.07, 6.45) is 4.48. The lowest BCUT2D eigenvalue weighted by atomic mass is 10.3. The van der Waals surface area contributed by atoms with Crippen LogP contribution in [0.5, 0.6) is 0 Å². The molecule has 0 radical (unpaired) electrons. The van der Waals surface area contributed by atoms with Gasteiger partial charge in [-0.3, -0.25) is 4.79 Å². The number of rotatable bonds is 6. The third-order valence-electron chi connectivity index (χ3n) is 2.80. The highest BCUT2D eigenvalue weighted by atomic mass is 16.3. The molecule has 0 spiro atoms. The quantitative estimate of drug-likeness (QED) is 0.791. The van der Waals surface area contributed by atoms with Gasteiger partial charge in [-0.05, 0) is 32.0 Å². The molecule has 0 bridgehead atoms. The van der Waals surface area contributed by atoms with Crippen molar-refractivity contribution in [1.82, 2.24) is 10.2 Å². The summed E-state index contributed by atoms with van der Waals surface area (Å²) in [5, 5.41) is 3.00. The molecule has 0 aromatic carbocycles. The molecule has 16 heavy (non-hydrogen) atoms. The van der Waals surface area contributed by atoms with E-state index in [4.69, 9.17) is 4.42 Å². The number of carbonyl (C=O) groups excluding carboxylic acids is 1. The van der Waals surface area contributed by atoms with Crippen LogP contribution < -0.4 is 5.32 Å². The number of hydrogen-bond donors (Lipinski definition) is 1. The minimum absolute atomic E-state index is 0.216. The number of furan rings is 1. The molecular formula is C12H18N2O2. The minimum atomic E-state index is 0.216. The zero-order chi connectivity index (χ0) is 11.4. The lowest BCUT2D eigenvalue weighted by Crippen LogP contribution is -2.34. The maximum atomic E-state index is 12.0. The Bertz CT molecular complexity index is 331. The molecule has 1 aliphatic rings. The Balaban J connectivity index is 1.92. The van der Waals surface area contributed by atoms with Gasteiger partial charge in [-0.1, -0.05) is 0 Å². The van der Waals surface area contributed by atoms with Gasteiger partial charge in [0.25, 0.3) is 0 Å². The topological polar surface area (TPSA) is 45.5 Å². The van der Waals surface area contributed by atoms with Crippen molar-refractivity contribution in [1.29, 1.82) is 0 Å². The fourth-order valence-corrected chi connectivity index (χ4v) is 1.75. The Morgan fingerprint density at radius 2 is 2.44 bits per heavy atom. The van der Waals surface area contributed by atoms with Crippen LogP contribution in [0.4, 0.5) is 0 Å². The highest BCUT2D eigenvalue weighted by Crippen LogP contribution is 2.28. The van der Waals surface area contributed by atoms with Crippen LogP contribution in [0, 0.1) is 0 Å². The molecule has 1 saturated carbocycles. The maximum Gasteiger partial charge on any atom is 0.224 e. The summed E-state index contributed by atoms with van der Waals surface area (Å²) < 4.78 is 5.29. The van der Waals surface area contributed by atoms with Crippen LogP contribution in [0.15, 0.2) is 22.8 Å². The van der Waals surface area contributed by atoms with Crippen molar-refractivity contribution < 1.29 is 9.21 Å². The summed E-state index contributed by atoms with van der Waals surface area (Å²) in [5.74, 6) is 1.08. The normalized spacial score (nSPS) is 15.1. The number of carbonyl (C=O) groups is 1. The van der Waals surface area contributed by atoms with Crippen molar-refractivity contribution in [3.63, 3.8) is 0 Å². The minimum Gasteiger partial charge on any atom is -0.467 e. The number of amides is 1. The first-order valence-corrected chi connectivity index (χ1v) is 5.77. The second-order valence-corrected chi connectivity index (χ2v) is 4.19. The molecule has 0 saturated heterocycles. The van der Waals surface area contributed by atoms with E-state index in [-0.39, 0.29) is 5.91 Å². The second kappa shape index (κ2) is 5.16. The van der Waals surface area contributed by atoms with Gasteiger partial charge in [-0.25, -0.2) is 0 Å². The van der Waals surface area contributed by atoms with Crippen LogP contribution in [0.25, 0.3) is 0 Å². The first kappa shape index (κ1) is 11.2.